The zero-order valence-electron chi connectivity index (χ0n) is 7.84. The van der Waals surface area contributed by atoms with Crippen LogP contribution in [0.3, 0.4) is 0 Å². The number of hydrogen-bond donors (Lipinski definition) is 0. The number of carbonyl (C=O) groups excluding carboxylic acids is 1. The van der Waals surface area contributed by atoms with Crippen molar-refractivity contribution >= 4 is 5.97 Å². The maximum absolute atomic E-state index is 13.1. The summed E-state index contributed by atoms with van der Waals surface area (Å²) in [6.07, 6.45) is -2.12. The van der Waals surface area contributed by atoms with E-state index in [2.05, 4.69) is 9.72 Å². The van der Waals surface area contributed by atoms with Crippen LogP contribution in [0, 0.1) is 5.82 Å². The number of pyridine rings is 1. The van der Waals surface area contributed by atoms with Crippen molar-refractivity contribution in [2.45, 2.75) is 13.3 Å². The van der Waals surface area contributed by atoms with Gasteiger partial charge in [-0.1, -0.05) is 0 Å². The average Bonchev–Trinajstić information content (AvgIpc) is 2.17. The lowest BCUT2D eigenvalue weighted by atomic mass is 10.2. The van der Waals surface area contributed by atoms with Gasteiger partial charge in [-0.2, -0.15) is 0 Å². The van der Waals surface area contributed by atoms with Crippen LogP contribution in [0.25, 0.3) is 0 Å². The number of rotatable bonds is 3. The topological polar surface area (TPSA) is 39.2 Å². The van der Waals surface area contributed by atoms with Crippen molar-refractivity contribution in [3.8, 4) is 0 Å². The Morgan fingerprint density at radius 1 is 1.60 bits per heavy atom. The van der Waals surface area contributed by atoms with Gasteiger partial charge in [0.05, 0.1) is 6.61 Å². The summed E-state index contributed by atoms with van der Waals surface area (Å²) in [5, 5.41) is 0. The standard InChI is InChI=1S/C9H8F3NO2/c1-2-15-9(14)5-4-13-7(8(11)12)3-6(5)10/h3-4,8H,2H2,1H3. The largest absolute Gasteiger partial charge is 0.462 e. The van der Waals surface area contributed by atoms with Crippen LogP contribution >= 0.6 is 0 Å². The van der Waals surface area contributed by atoms with E-state index < -0.39 is 29.5 Å². The molecule has 6 heteroatoms. The van der Waals surface area contributed by atoms with E-state index in [0.29, 0.717) is 6.07 Å². The van der Waals surface area contributed by atoms with Crippen molar-refractivity contribution in [3.05, 3.63) is 29.3 Å². The predicted molar refractivity (Wildman–Crippen MR) is 45.1 cm³/mol. The van der Waals surface area contributed by atoms with Gasteiger partial charge in [-0.05, 0) is 6.92 Å². The Kier molecular flexibility index (Phi) is 3.65. The third-order valence-electron chi connectivity index (χ3n) is 1.59. The van der Waals surface area contributed by atoms with Gasteiger partial charge in [0.25, 0.3) is 6.43 Å². The quantitative estimate of drug-likeness (QED) is 0.732. The molecule has 0 N–H and O–H groups in total. The number of ether oxygens (including phenoxy) is 1. The van der Waals surface area contributed by atoms with Crippen LogP contribution in [-0.2, 0) is 4.74 Å². The highest BCUT2D eigenvalue weighted by atomic mass is 19.3. The minimum absolute atomic E-state index is 0.0782. The highest BCUT2D eigenvalue weighted by Crippen LogP contribution is 2.18. The van der Waals surface area contributed by atoms with Crippen molar-refractivity contribution in [1.29, 1.82) is 0 Å². The third kappa shape index (κ3) is 2.68. The van der Waals surface area contributed by atoms with Gasteiger partial charge >= 0.3 is 5.97 Å². The number of esters is 1. The number of carbonyl (C=O) groups is 1. The van der Waals surface area contributed by atoms with Crippen LogP contribution in [0.2, 0.25) is 0 Å². The molecule has 1 aromatic rings. The van der Waals surface area contributed by atoms with Gasteiger partial charge in [0.1, 0.15) is 17.1 Å². The van der Waals surface area contributed by atoms with E-state index >= 15 is 0 Å². The molecule has 0 aliphatic rings. The fourth-order valence-corrected chi connectivity index (χ4v) is 0.924. The first-order valence-electron chi connectivity index (χ1n) is 4.17. The Labute approximate surface area is 83.9 Å². The van der Waals surface area contributed by atoms with Crippen LogP contribution in [0.1, 0.15) is 29.4 Å². The van der Waals surface area contributed by atoms with Gasteiger partial charge in [-0.3, -0.25) is 4.98 Å². The molecule has 1 aromatic heterocycles. The van der Waals surface area contributed by atoms with Crippen molar-refractivity contribution in [2.75, 3.05) is 6.61 Å². The second kappa shape index (κ2) is 4.77. The lowest BCUT2D eigenvalue weighted by Gasteiger charge is -2.04. The molecule has 0 aliphatic carbocycles. The van der Waals surface area contributed by atoms with Crippen molar-refractivity contribution in [2.24, 2.45) is 0 Å². The molecule has 0 amide bonds. The lowest BCUT2D eigenvalue weighted by molar-refractivity contribution is 0.0519. The van der Waals surface area contributed by atoms with E-state index in [1.165, 1.54) is 0 Å². The normalized spacial score (nSPS) is 10.5. The minimum Gasteiger partial charge on any atom is -0.462 e. The van der Waals surface area contributed by atoms with Gasteiger partial charge in [-0.15, -0.1) is 0 Å². The van der Waals surface area contributed by atoms with Crippen LogP contribution in [0.4, 0.5) is 13.2 Å². The Bertz CT molecular complexity index is 368. The maximum atomic E-state index is 13.1. The summed E-state index contributed by atoms with van der Waals surface area (Å²) in [7, 11) is 0. The number of alkyl halides is 2. The Morgan fingerprint density at radius 2 is 2.27 bits per heavy atom. The van der Waals surface area contributed by atoms with Gasteiger partial charge in [-0.25, -0.2) is 18.0 Å². The summed E-state index contributed by atoms with van der Waals surface area (Å²) in [6.45, 7) is 1.63. The first-order valence-corrected chi connectivity index (χ1v) is 4.17. The van der Waals surface area contributed by atoms with Crippen LogP contribution < -0.4 is 0 Å². The number of halogens is 3. The van der Waals surface area contributed by atoms with Crippen LogP contribution in [0.5, 0.6) is 0 Å². The summed E-state index contributed by atoms with van der Waals surface area (Å²) in [5.74, 6) is -1.97. The first-order chi connectivity index (χ1) is 7.06. The molecule has 3 nitrogen and oxygen atoms in total. The molecule has 0 saturated carbocycles. The van der Waals surface area contributed by atoms with Crippen molar-refractivity contribution in [1.82, 2.24) is 4.98 Å². The van der Waals surface area contributed by atoms with Gasteiger partial charge in [0, 0.05) is 12.3 Å². The lowest BCUT2D eigenvalue weighted by Crippen LogP contribution is -2.08. The van der Waals surface area contributed by atoms with E-state index in [9.17, 15) is 18.0 Å². The molecule has 0 radical (unpaired) electrons. The fraction of sp³-hybridized carbons (Fsp3) is 0.333. The summed E-state index contributed by atoms with van der Waals surface area (Å²) in [5.41, 5.74) is -1.15. The third-order valence-corrected chi connectivity index (χ3v) is 1.59. The van der Waals surface area contributed by atoms with Crippen molar-refractivity contribution in [3.63, 3.8) is 0 Å². The second-order valence-electron chi connectivity index (χ2n) is 2.61. The summed E-state index contributed by atoms with van der Waals surface area (Å²) >= 11 is 0. The van der Waals surface area contributed by atoms with E-state index in [4.69, 9.17) is 0 Å². The van der Waals surface area contributed by atoms with Gasteiger partial charge in [0.2, 0.25) is 0 Å². The molecule has 0 unspecified atom stereocenters. The number of nitrogens with zero attached hydrogens (tertiary/aromatic N) is 1. The summed E-state index contributed by atoms with van der Waals surface area (Å²) in [4.78, 5) is 14.3. The smallest absolute Gasteiger partial charge is 0.342 e. The molecule has 0 bridgehead atoms. The Hall–Kier alpha value is -1.59. The minimum atomic E-state index is -2.87. The Morgan fingerprint density at radius 3 is 2.73 bits per heavy atom. The first kappa shape index (κ1) is 11.5. The summed E-state index contributed by atoms with van der Waals surface area (Å²) < 4.78 is 41.8. The molecule has 0 saturated heterocycles. The zero-order chi connectivity index (χ0) is 11.4. The van der Waals surface area contributed by atoms with Crippen LogP contribution in [0.15, 0.2) is 12.3 Å². The van der Waals surface area contributed by atoms with Crippen LogP contribution in [-0.4, -0.2) is 17.6 Å². The van der Waals surface area contributed by atoms with E-state index in [1.807, 2.05) is 0 Å². The molecule has 0 aliphatic heterocycles. The van der Waals surface area contributed by atoms with Gasteiger partial charge < -0.3 is 4.74 Å². The molecule has 0 atom stereocenters. The molecule has 0 spiro atoms. The van der Waals surface area contributed by atoms with Crippen molar-refractivity contribution < 1.29 is 22.7 Å². The zero-order valence-corrected chi connectivity index (χ0v) is 7.84. The molecular weight excluding hydrogens is 211 g/mol. The fourth-order valence-electron chi connectivity index (χ4n) is 0.924. The molecule has 1 heterocycles. The van der Waals surface area contributed by atoms with E-state index in [0.717, 1.165) is 6.20 Å². The molecule has 0 aromatic carbocycles. The molecule has 82 valence electrons. The SMILES string of the molecule is CCOC(=O)c1cnc(C(F)F)cc1F. The highest BCUT2D eigenvalue weighted by molar-refractivity contribution is 5.89. The molecular formula is C9H8F3NO2. The monoisotopic (exact) mass is 219 g/mol. The average molecular weight is 219 g/mol. The summed E-state index contributed by atoms with van der Waals surface area (Å²) in [6, 6.07) is 0.525. The number of aromatic nitrogens is 1. The van der Waals surface area contributed by atoms with E-state index in [-0.39, 0.29) is 6.61 Å². The molecule has 15 heavy (non-hydrogen) atoms. The molecule has 0 fully saturated rings. The molecule has 1 rings (SSSR count). The van der Waals surface area contributed by atoms with Gasteiger partial charge in [0.15, 0.2) is 0 Å². The second-order valence-corrected chi connectivity index (χ2v) is 2.61. The maximum Gasteiger partial charge on any atom is 0.342 e. The predicted octanol–water partition coefficient (Wildman–Crippen LogP) is 2.34. The van der Waals surface area contributed by atoms with E-state index in [1.54, 1.807) is 6.92 Å². The highest BCUT2D eigenvalue weighted by Gasteiger charge is 2.17. The Balaban J connectivity index is 2.98. The number of hydrogen-bond acceptors (Lipinski definition) is 3.